The molecular weight excluding hydrogens is 304 g/mol. The highest BCUT2D eigenvalue weighted by Gasteiger charge is 2.20. The molecule has 0 aromatic heterocycles. The number of nitrogens with one attached hydrogen (secondary N) is 2. The third-order valence-electron chi connectivity index (χ3n) is 3.71. The number of hydrogen-bond donors (Lipinski definition) is 2. The summed E-state index contributed by atoms with van der Waals surface area (Å²) in [6, 6.07) is 0. The fourth-order valence-electron chi connectivity index (χ4n) is 2.71. The lowest BCUT2D eigenvalue weighted by Crippen LogP contribution is -2.46. The van der Waals surface area contributed by atoms with Crippen molar-refractivity contribution in [3.05, 3.63) is 0 Å². The zero-order valence-electron chi connectivity index (χ0n) is 16.3. The predicted octanol–water partition coefficient (Wildman–Crippen LogP) is 1.71. The number of hydrogen-bond acceptors (Lipinski definition) is 4. The molecule has 0 radical (unpaired) electrons. The Morgan fingerprint density at radius 1 is 1.29 bits per heavy atom. The van der Waals surface area contributed by atoms with Crippen molar-refractivity contribution in [3.63, 3.8) is 0 Å². The minimum absolute atomic E-state index is 0.192. The van der Waals surface area contributed by atoms with Gasteiger partial charge in [-0.15, -0.1) is 0 Å². The van der Waals surface area contributed by atoms with Crippen molar-refractivity contribution in [1.82, 2.24) is 15.5 Å². The quantitative estimate of drug-likeness (QED) is 0.360. The minimum Gasteiger partial charge on any atom is -0.379 e. The molecule has 0 aromatic rings. The van der Waals surface area contributed by atoms with Crippen LogP contribution in [0, 0.1) is 5.92 Å². The third-order valence-corrected chi connectivity index (χ3v) is 3.71. The van der Waals surface area contributed by atoms with Crippen LogP contribution < -0.4 is 10.6 Å². The van der Waals surface area contributed by atoms with E-state index in [1.165, 1.54) is 0 Å². The van der Waals surface area contributed by atoms with E-state index in [1.807, 2.05) is 0 Å². The second-order valence-electron chi connectivity index (χ2n) is 7.07. The number of morpholine rings is 1. The molecule has 1 atom stereocenters. The Morgan fingerprint density at radius 3 is 2.75 bits per heavy atom. The lowest BCUT2D eigenvalue weighted by atomic mass is 10.2. The Balaban J connectivity index is 2.33. The van der Waals surface area contributed by atoms with Crippen LogP contribution in [0.15, 0.2) is 4.99 Å². The van der Waals surface area contributed by atoms with Gasteiger partial charge in [-0.2, -0.15) is 0 Å². The van der Waals surface area contributed by atoms with Gasteiger partial charge >= 0.3 is 0 Å². The largest absolute Gasteiger partial charge is 0.379 e. The van der Waals surface area contributed by atoms with Gasteiger partial charge in [0, 0.05) is 39.3 Å². The molecule has 0 saturated carbocycles. The van der Waals surface area contributed by atoms with Crippen LogP contribution in [0.1, 0.15) is 41.0 Å². The smallest absolute Gasteiger partial charge is 0.191 e. The van der Waals surface area contributed by atoms with Gasteiger partial charge in [0.25, 0.3) is 0 Å². The van der Waals surface area contributed by atoms with Gasteiger partial charge in [-0.1, -0.05) is 13.8 Å². The Hall–Kier alpha value is -0.850. The second-order valence-corrected chi connectivity index (χ2v) is 7.07. The maximum absolute atomic E-state index is 5.86. The molecule has 1 fully saturated rings. The summed E-state index contributed by atoms with van der Waals surface area (Å²) in [5, 5.41) is 6.66. The highest BCUT2D eigenvalue weighted by Crippen LogP contribution is 2.08. The van der Waals surface area contributed by atoms with E-state index in [0.717, 1.165) is 58.3 Å². The first kappa shape index (κ1) is 21.2. The summed E-state index contributed by atoms with van der Waals surface area (Å²) < 4.78 is 11.4. The van der Waals surface area contributed by atoms with Crippen LogP contribution >= 0.6 is 0 Å². The molecule has 0 amide bonds. The molecule has 6 nitrogen and oxygen atoms in total. The van der Waals surface area contributed by atoms with E-state index in [1.54, 1.807) is 0 Å². The Labute approximate surface area is 148 Å². The molecule has 1 rings (SSSR count). The average molecular weight is 343 g/mol. The summed E-state index contributed by atoms with van der Waals surface area (Å²) in [5.74, 6) is 1.56. The molecule has 1 heterocycles. The Kier molecular flexibility index (Phi) is 11.0. The van der Waals surface area contributed by atoms with E-state index in [0.29, 0.717) is 18.6 Å². The molecule has 0 spiro atoms. The normalized spacial score (nSPS) is 20.0. The predicted molar refractivity (Wildman–Crippen MR) is 101 cm³/mol. The first-order chi connectivity index (χ1) is 11.5. The maximum Gasteiger partial charge on any atom is 0.191 e. The van der Waals surface area contributed by atoms with E-state index < -0.39 is 0 Å². The van der Waals surface area contributed by atoms with Crippen molar-refractivity contribution in [1.29, 1.82) is 0 Å². The van der Waals surface area contributed by atoms with Crippen molar-refractivity contribution < 1.29 is 9.47 Å². The summed E-state index contributed by atoms with van der Waals surface area (Å²) in [4.78, 5) is 7.17. The molecule has 1 aliphatic heterocycles. The molecule has 0 aliphatic carbocycles. The van der Waals surface area contributed by atoms with Crippen molar-refractivity contribution in [2.75, 3.05) is 52.5 Å². The van der Waals surface area contributed by atoms with Crippen LogP contribution in [-0.2, 0) is 9.47 Å². The van der Waals surface area contributed by atoms with Gasteiger partial charge in [0.05, 0.1) is 25.4 Å². The summed E-state index contributed by atoms with van der Waals surface area (Å²) >= 11 is 0. The molecular formula is C18H38N4O2. The van der Waals surface area contributed by atoms with Gasteiger partial charge in [0.1, 0.15) is 0 Å². The lowest BCUT2D eigenvalue weighted by Gasteiger charge is -2.33. The fourth-order valence-corrected chi connectivity index (χ4v) is 2.71. The van der Waals surface area contributed by atoms with Gasteiger partial charge in [0.2, 0.25) is 0 Å². The van der Waals surface area contributed by atoms with Crippen molar-refractivity contribution >= 4 is 5.96 Å². The number of ether oxygens (including phenoxy) is 2. The summed E-state index contributed by atoms with van der Waals surface area (Å²) in [5.41, 5.74) is 0. The summed E-state index contributed by atoms with van der Waals surface area (Å²) in [7, 11) is 0. The monoisotopic (exact) mass is 342 g/mol. The topological polar surface area (TPSA) is 58.1 Å². The Bertz CT molecular complexity index is 348. The highest BCUT2D eigenvalue weighted by atomic mass is 16.5. The number of aliphatic imine (C=N–C) groups is 1. The van der Waals surface area contributed by atoms with Crippen LogP contribution in [0.2, 0.25) is 0 Å². The van der Waals surface area contributed by atoms with Crippen LogP contribution in [0.4, 0.5) is 0 Å². The Morgan fingerprint density at radius 2 is 2.08 bits per heavy atom. The molecule has 24 heavy (non-hydrogen) atoms. The zero-order chi connectivity index (χ0) is 17.8. The molecule has 1 unspecified atom stereocenters. The SMILES string of the molecule is CCNC(=NCC1CN(CC(C)C)CCO1)NCCCOC(C)C. The lowest BCUT2D eigenvalue weighted by molar-refractivity contribution is -0.0261. The zero-order valence-corrected chi connectivity index (χ0v) is 16.3. The van der Waals surface area contributed by atoms with Crippen molar-refractivity contribution in [2.24, 2.45) is 10.9 Å². The van der Waals surface area contributed by atoms with E-state index in [-0.39, 0.29) is 6.10 Å². The third kappa shape index (κ3) is 10.1. The molecule has 2 N–H and O–H groups in total. The molecule has 1 aliphatic rings. The van der Waals surface area contributed by atoms with Crippen molar-refractivity contribution in [3.8, 4) is 0 Å². The highest BCUT2D eigenvalue weighted by molar-refractivity contribution is 5.79. The molecule has 6 heteroatoms. The minimum atomic E-state index is 0.192. The van der Waals surface area contributed by atoms with Gasteiger partial charge in [-0.05, 0) is 33.1 Å². The number of rotatable bonds is 10. The van der Waals surface area contributed by atoms with Gasteiger partial charge in [-0.25, -0.2) is 0 Å². The van der Waals surface area contributed by atoms with E-state index >= 15 is 0 Å². The number of guanidine groups is 1. The molecule has 0 aromatic carbocycles. The first-order valence-corrected chi connectivity index (χ1v) is 9.49. The molecule has 0 bridgehead atoms. The van der Waals surface area contributed by atoms with Crippen molar-refractivity contribution in [2.45, 2.75) is 53.2 Å². The van der Waals surface area contributed by atoms with E-state index in [4.69, 9.17) is 9.47 Å². The van der Waals surface area contributed by atoms with Gasteiger partial charge in [-0.3, -0.25) is 9.89 Å². The second kappa shape index (κ2) is 12.5. The van der Waals surface area contributed by atoms with Crippen LogP contribution in [-0.4, -0.2) is 75.5 Å². The van der Waals surface area contributed by atoms with Crippen LogP contribution in [0.3, 0.4) is 0 Å². The number of nitrogens with zero attached hydrogens (tertiary/aromatic N) is 2. The van der Waals surface area contributed by atoms with Gasteiger partial charge < -0.3 is 20.1 Å². The maximum atomic E-state index is 5.86. The van der Waals surface area contributed by atoms with Crippen LogP contribution in [0.25, 0.3) is 0 Å². The fraction of sp³-hybridized carbons (Fsp3) is 0.944. The van der Waals surface area contributed by atoms with E-state index in [9.17, 15) is 0 Å². The summed E-state index contributed by atoms with van der Waals surface area (Å²) in [6.45, 7) is 17.9. The standard InChI is InChI=1S/C18H38N4O2/c1-6-19-18(20-8-7-10-23-16(4)5)21-12-17-14-22(9-11-24-17)13-15(2)3/h15-17H,6-14H2,1-5H3,(H2,19,20,21). The first-order valence-electron chi connectivity index (χ1n) is 9.49. The average Bonchev–Trinajstić information content (AvgIpc) is 2.51. The molecule has 142 valence electrons. The van der Waals surface area contributed by atoms with Gasteiger partial charge in [0.15, 0.2) is 5.96 Å². The van der Waals surface area contributed by atoms with Crippen LogP contribution in [0.5, 0.6) is 0 Å². The van der Waals surface area contributed by atoms with E-state index in [2.05, 4.69) is 55.1 Å². The summed E-state index contributed by atoms with van der Waals surface area (Å²) in [6.07, 6.45) is 1.46. The molecule has 1 saturated heterocycles.